The molecule has 1 aromatic rings. The molecule has 1 amide bonds. The summed E-state index contributed by atoms with van der Waals surface area (Å²) in [7, 11) is 1.58. The fraction of sp³-hybridized carbons (Fsp3) is 0.538. The van der Waals surface area contributed by atoms with Crippen LogP contribution in [-0.4, -0.2) is 41.9 Å². The number of hydrogen-bond donors (Lipinski definition) is 2. The molecule has 1 rings (SSSR count). The van der Waals surface area contributed by atoms with E-state index < -0.39 is 5.60 Å². The fourth-order valence-electron chi connectivity index (χ4n) is 1.49. The third-order valence-corrected chi connectivity index (χ3v) is 2.70. The van der Waals surface area contributed by atoms with Crippen LogP contribution in [0.1, 0.15) is 29.4 Å². The number of ether oxygens (including phenoxy) is 1. The summed E-state index contributed by atoms with van der Waals surface area (Å²) in [6, 6.07) is 3.60. The number of carbonyl (C=O) groups excluding carboxylic acids is 1. The first-order chi connectivity index (χ1) is 8.46. The number of rotatable bonds is 6. The van der Waals surface area contributed by atoms with E-state index in [2.05, 4.69) is 10.3 Å². The number of aliphatic hydroxyl groups is 1. The molecule has 5 heteroatoms. The summed E-state index contributed by atoms with van der Waals surface area (Å²) >= 11 is 0. The van der Waals surface area contributed by atoms with Crippen molar-refractivity contribution >= 4 is 5.91 Å². The van der Waals surface area contributed by atoms with Crippen molar-refractivity contribution in [2.75, 3.05) is 20.3 Å². The molecule has 2 N–H and O–H groups in total. The van der Waals surface area contributed by atoms with Crippen molar-refractivity contribution in [3.8, 4) is 0 Å². The van der Waals surface area contributed by atoms with Gasteiger partial charge in [0, 0.05) is 32.9 Å². The van der Waals surface area contributed by atoms with Gasteiger partial charge in [0.15, 0.2) is 0 Å². The molecule has 0 saturated heterocycles. The molecular weight excluding hydrogens is 232 g/mol. The zero-order valence-corrected chi connectivity index (χ0v) is 11.1. The number of nitrogens with zero attached hydrogens (tertiary/aromatic N) is 1. The predicted octanol–water partition coefficient (Wildman–Crippen LogP) is 0.907. The minimum absolute atomic E-state index is 0.172. The van der Waals surface area contributed by atoms with Crippen LogP contribution < -0.4 is 5.32 Å². The monoisotopic (exact) mass is 252 g/mol. The highest BCUT2D eigenvalue weighted by atomic mass is 16.5. The highest BCUT2D eigenvalue weighted by Gasteiger charge is 2.21. The molecule has 0 aliphatic heterocycles. The van der Waals surface area contributed by atoms with Crippen molar-refractivity contribution < 1.29 is 14.6 Å². The number of carbonyl (C=O) groups is 1. The summed E-state index contributed by atoms with van der Waals surface area (Å²) in [6.07, 6.45) is 2.04. The van der Waals surface area contributed by atoms with Gasteiger partial charge in [-0.15, -0.1) is 0 Å². The van der Waals surface area contributed by atoms with Crippen molar-refractivity contribution in [3.05, 3.63) is 29.6 Å². The second kappa shape index (κ2) is 6.47. The number of aromatic nitrogens is 1. The number of hydrogen-bond acceptors (Lipinski definition) is 4. The second-order valence-corrected chi connectivity index (χ2v) is 4.59. The molecule has 5 nitrogen and oxygen atoms in total. The molecule has 0 aliphatic carbocycles. The van der Waals surface area contributed by atoms with Crippen LogP contribution in [-0.2, 0) is 4.74 Å². The highest BCUT2D eigenvalue weighted by molar-refractivity contribution is 5.93. The molecule has 0 bridgehead atoms. The molecule has 1 atom stereocenters. The average molecular weight is 252 g/mol. The third kappa shape index (κ3) is 4.43. The van der Waals surface area contributed by atoms with Gasteiger partial charge >= 0.3 is 0 Å². The summed E-state index contributed by atoms with van der Waals surface area (Å²) in [5.41, 5.74) is 0.223. The Morgan fingerprint density at radius 3 is 2.94 bits per heavy atom. The van der Waals surface area contributed by atoms with Gasteiger partial charge in [-0.2, -0.15) is 0 Å². The maximum Gasteiger partial charge on any atom is 0.270 e. The summed E-state index contributed by atoms with van der Waals surface area (Å²) in [6.45, 7) is 4.11. The zero-order chi connectivity index (χ0) is 13.6. The van der Waals surface area contributed by atoms with Gasteiger partial charge in [0.05, 0.1) is 5.60 Å². The summed E-state index contributed by atoms with van der Waals surface area (Å²) < 4.78 is 4.90. The Morgan fingerprint density at radius 1 is 1.61 bits per heavy atom. The lowest BCUT2D eigenvalue weighted by Gasteiger charge is -2.23. The summed E-state index contributed by atoms with van der Waals surface area (Å²) in [5, 5.41) is 12.7. The number of nitrogens with one attached hydrogen (secondary N) is 1. The minimum atomic E-state index is -0.978. The lowest BCUT2D eigenvalue weighted by molar-refractivity contribution is 0.0243. The second-order valence-electron chi connectivity index (χ2n) is 4.59. The van der Waals surface area contributed by atoms with Gasteiger partial charge in [-0.05, 0) is 25.5 Å². The standard InChI is InChI=1S/C13H20N2O3/c1-10-5-4-7-14-11(10)12(16)15-9-13(2,17)6-8-18-3/h4-5,7,17H,6,8-9H2,1-3H3,(H,15,16). The van der Waals surface area contributed by atoms with E-state index in [9.17, 15) is 9.90 Å². The zero-order valence-electron chi connectivity index (χ0n) is 11.1. The molecular formula is C13H20N2O3. The lowest BCUT2D eigenvalue weighted by Crippen LogP contribution is -2.41. The van der Waals surface area contributed by atoms with E-state index in [1.807, 2.05) is 13.0 Å². The number of methoxy groups -OCH3 is 1. The van der Waals surface area contributed by atoms with Crippen LogP contribution in [0.15, 0.2) is 18.3 Å². The molecule has 18 heavy (non-hydrogen) atoms. The van der Waals surface area contributed by atoms with E-state index in [1.165, 1.54) is 0 Å². The van der Waals surface area contributed by atoms with Gasteiger partial charge in [0.2, 0.25) is 0 Å². The molecule has 0 radical (unpaired) electrons. The maximum absolute atomic E-state index is 11.9. The van der Waals surface area contributed by atoms with Crippen molar-refractivity contribution in [2.45, 2.75) is 25.9 Å². The molecule has 100 valence electrons. The Labute approximate surface area is 107 Å². The molecule has 0 aromatic carbocycles. The van der Waals surface area contributed by atoms with Crippen molar-refractivity contribution in [2.24, 2.45) is 0 Å². The topological polar surface area (TPSA) is 71.5 Å². The van der Waals surface area contributed by atoms with Crippen LogP contribution in [0.25, 0.3) is 0 Å². The van der Waals surface area contributed by atoms with Gasteiger partial charge in [-0.1, -0.05) is 6.07 Å². The van der Waals surface area contributed by atoms with Gasteiger partial charge in [0.1, 0.15) is 5.69 Å². The molecule has 0 fully saturated rings. The van der Waals surface area contributed by atoms with Crippen molar-refractivity contribution in [1.82, 2.24) is 10.3 Å². The summed E-state index contributed by atoms with van der Waals surface area (Å²) in [4.78, 5) is 15.9. The Balaban J connectivity index is 2.54. The SMILES string of the molecule is COCCC(C)(O)CNC(=O)c1ncccc1C. The van der Waals surface area contributed by atoms with Crippen LogP contribution in [0.3, 0.4) is 0 Å². The Hall–Kier alpha value is -1.46. The predicted molar refractivity (Wildman–Crippen MR) is 68.4 cm³/mol. The van der Waals surface area contributed by atoms with Gasteiger partial charge in [-0.25, -0.2) is 0 Å². The van der Waals surface area contributed by atoms with Crippen LogP contribution in [0.2, 0.25) is 0 Å². The Kier molecular flexibility index (Phi) is 5.25. The maximum atomic E-state index is 11.9. The quantitative estimate of drug-likeness (QED) is 0.789. The first-order valence-corrected chi connectivity index (χ1v) is 5.87. The first-order valence-electron chi connectivity index (χ1n) is 5.87. The van der Waals surface area contributed by atoms with E-state index in [-0.39, 0.29) is 12.5 Å². The van der Waals surface area contributed by atoms with Gasteiger partial charge in [0.25, 0.3) is 5.91 Å². The first kappa shape index (κ1) is 14.6. The number of amides is 1. The van der Waals surface area contributed by atoms with Crippen LogP contribution >= 0.6 is 0 Å². The summed E-state index contributed by atoms with van der Waals surface area (Å²) in [5.74, 6) is -0.272. The molecule has 1 aromatic heterocycles. The molecule has 0 aliphatic rings. The smallest absolute Gasteiger partial charge is 0.270 e. The van der Waals surface area contributed by atoms with Crippen LogP contribution in [0.4, 0.5) is 0 Å². The van der Waals surface area contributed by atoms with E-state index in [0.717, 1.165) is 5.56 Å². The minimum Gasteiger partial charge on any atom is -0.388 e. The number of pyridine rings is 1. The normalized spacial score (nSPS) is 14.0. The molecule has 0 spiro atoms. The van der Waals surface area contributed by atoms with Crippen molar-refractivity contribution in [3.63, 3.8) is 0 Å². The highest BCUT2D eigenvalue weighted by Crippen LogP contribution is 2.08. The fourth-order valence-corrected chi connectivity index (χ4v) is 1.49. The van der Waals surface area contributed by atoms with E-state index in [1.54, 1.807) is 26.3 Å². The average Bonchev–Trinajstić information content (AvgIpc) is 2.34. The van der Waals surface area contributed by atoms with E-state index in [4.69, 9.17) is 4.74 Å². The Morgan fingerprint density at radius 2 is 2.33 bits per heavy atom. The largest absolute Gasteiger partial charge is 0.388 e. The van der Waals surface area contributed by atoms with Gasteiger partial charge < -0.3 is 15.2 Å². The van der Waals surface area contributed by atoms with E-state index >= 15 is 0 Å². The molecule has 1 unspecified atom stereocenters. The van der Waals surface area contributed by atoms with Crippen LogP contribution in [0, 0.1) is 6.92 Å². The van der Waals surface area contributed by atoms with Crippen LogP contribution in [0.5, 0.6) is 0 Å². The molecule has 1 heterocycles. The Bertz CT molecular complexity index is 405. The third-order valence-electron chi connectivity index (χ3n) is 2.70. The lowest BCUT2D eigenvalue weighted by atomic mass is 10.0. The van der Waals surface area contributed by atoms with Gasteiger partial charge in [-0.3, -0.25) is 9.78 Å². The number of aryl methyl sites for hydroxylation is 1. The van der Waals surface area contributed by atoms with Crippen molar-refractivity contribution in [1.29, 1.82) is 0 Å². The molecule has 0 saturated carbocycles. The van der Waals surface area contributed by atoms with E-state index in [0.29, 0.717) is 18.7 Å².